The van der Waals surface area contributed by atoms with Gasteiger partial charge in [0.2, 0.25) is 10.0 Å². The molecule has 6 nitrogen and oxygen atoms in total. The van der Waals surface area contributed by atoms with Gasteiger partial charge in [0.1, 0.15) is 0 Å². The minimum absolute atomic E-state index is 0.0164. The summed E-state index contributed by atoms with van der Waals surface area (Å²) in [5.74, 6) is 0.0164. The Morgan fingerprint density at radius 2 is 1.69 bits per heavy atom. The average molecular weight is 414 g/mol. The molecule has 2 aliphatic heterocycles. The SMILES string of the molecule is Cc1ccccc1N1CCN(C(=O)c2ccc3c(c2)C[C@@H](C)N3S(C)(=O)=O)CC1. The molecule has 29 heavy (non-hydrogen) atoms. The Kier molecular flexibility index (Phi) is 5.02. The number of piperazine rings is 1. The maximum absolute atomic E-state index is 13.0. The van der Waals surface area contributed by atoms with Crippen molar-refractivity contribution in [1.29, 1.82) is 0 Å². The predicted molar refractivity (Wildman–Crippen MR) is 116 cm³/mol. The molecule has 0 radical (unpaired) electrons. The zero-order valence-corrected chi connectivity index (χ0v) is 17.9. The van der Waals surface area contributed by atoms with E-state index < -0.39 is 10.0 Å². The fourth-order valence-corrected chi connectivity index (χ4v) is 5.76. The summed E-state index contributed by atoms with van der Waals surface area (Å²) in [4.78, 5) is 17.3. The number of hydrogen-bond acceptors (Lipinski definition) is 4. The highest BCUT2D eigenvalue weighted by Gasteiger charge is 2.33. The summed E-state index contributed by atoms with van der Waals surface area (Å²) >= 11 is 0. The van der Waals surface area contributed by atoms with Crippen LogP contribution in [0, 0.1) is 6.92 Å². The van der Waals surface area contributed by atoms with Crippen molar-refractivity contribution in [3.63, 3.8) is 0 Å². The first-order chi connectivity index (χ1) is 13.8. The Bertz CT molecular complexity index is 1040. The van der Waals surface area contributed by atoms with E-state index in [9.17, 15) is 13.2 Å². The molecule has 2 aromatic rings. The number of anilines is 2. The fourth-order valence-electron chi connectivity index (χ4n) is 4.49. The highest BCUT2D eigenvalue weighted by atomic mass is 32.2. The summed E-state index contributed by atoms with van der Waals surface area (Å²) in [5.41, 5.74) is 4.73. The molecule has 0 saturated carbocycles. The van der Waals surface area contributed by atoms with Crippen molar-refractivity contribution in [3.05, 3.63) is 59.2 Å². The second kappa shape index (κ2) is 7.37. The summed E-state index contributed by atoms with van der Waals surface area (Å²) in [6, 6.07) is 13.6. The van der Waals surface area contributed by atoms with E-state index in [-0.39, 0.29) is 11.9 Å². The van der Waals surface area contributed by atoms with E-state index in [0.29, 0.717) is 30.8 Å². The predicted octanol–water partition coefficient (Wildman–Crippen LogP) is 2.67. The van der Waals surface area contributed by atoms with Crippen LogP contribution in [-0.4, -0.2) is 57.7 Å². The molecule has 1 saturated heterocycles. The van der Waals surface area contributed by atoms with Crippen molar-refractivity contribution in [1.82, 2.24) is 4.90 Å². The van der Waals surface area contributed by atoms with Gasteiger partial charge >= 0.3 is 0 Å². The Balaban J connectivity index is 1.48. The number of hydrogen-bond donors (Lipinski definition) is 0. The molecule has 1 atom stereocenters. The van der Waals surface area contributed by atoms with Gasteiger partial charge < -0.3 is 9.80 Å². The van der Waals surface area contributed by atoms with Gasteiger partial charge in [0.25, 0.3) is 5.91 Å². The summed E-state index contributed by atoms with van der Waals surface area (Å²) in [5, 5.41) is 0. The minimum atomic E-state index is -3.32. The number of nitrogens with zero attached hydrogens (tertiary/aromatic N) is 3. The van der Waals surface area contributed by atoms with Gasteiger partial charge in [-0.1, -0.05) is 18.2 Å². The van der Waals surface area contributed by atoms with Gasteiger partial charge in [-0.15, -0.1) is 0 Å². The molecule has 0 N–H and O–H groups in total. The molecule has 2 heterocycles. The molecule has 4 rings (SSSR count). The first-order valence-electron chi connectivity index (χ1n) is 9.98. The van der Waals surface area contributed by atoms with Crippen molar-refractivity contribution in [3.8, 4) is 0 Å². The highest BCUT2D eigenvalue weighted by Crippen LogP contribution is 2.35. The molecule has 1 amide bonds. The van der Waals surface area contributed by atoms with Crippen molar-refractivity contribution < 1.29 is 13.2 Å². The number of sulfonamides is 1. The lowest BCUT2D eigenvalue weighted by Crippen LogP contribution is -2.49. The minimum Gasteiger partial charge on any atom is -0.368 e. The third-order valence-corrected chi connectivity index (χ3v) is 7.13. The Labute approximate surface area is 172 Å². The van der Waals surface area contributed by atoms with Gasteiger partial charge in [0, 0.05) is 43.5 Å². The van der Waals surface area contributed by atoms with Crippen LogP contribution in [0.3, 0.4) is 0 Å². The topological polar surface area (TPSA) is 60.9 Å². The smallest absolute Gasteiger partial charge is 0.253 e. The van der Waals surface area contributed by atoms with Gasteiger partial charge in [-0.05, 0) is 55.7 Å². The fraction of sp³-hybridized carbons (Fsp3) is 0.409. The lowest BCUT2D eigenvalue weighted by Gasteiger charge is -2.37. The normalized spacial score (nSPS) is 19.4. The molecule has 154 valence electrons. The molecule has 1 fully saturated rings. The van der Waals surface area contributed by atoms with E-state index in [1.165, 1.54) is 21.8 Å². The Morgan fingerprint density at radius 3 is 2.34 bits per heavy atom. The molecule has 0 spiro atoms. The molecule has 0 aromatic heterocycles. The molecule has 2 aliphatic rings. The van der Waals surface area contributed by atoms with Gasteiger partial charge in [0.15, 0.2) is 0 Å². The van der Waals surface area contributed by atoms with Crippen LogP contribution in [0.1, 0.15) is 28.4 Å². The maximum atomic E-state index is 13.0. The zero-order valence-electron chi connectivity index (χ0n) is 17.1. The quantitative estimate of drug-likeness (QED) is 0.776. The number of aryl methyl sites for hydroxylation is 1. The van der Waals surface area contributed by atoms with E-state index in [0.717, 1.165) is 18.7 Å². The number of amides is 1. The highest BCUT2D eigenvalue weighted by molar-refractivity contribution is 7.92. The van der Waals surface area contributed by atoms with Crippen molar-refractivity contribution in [2.24, 2.45) is 0 Å². The number of fused-ring (bicyclic) bond motifs is 1. The van der Waals surface area contributed by atoms with Crippen molar-refractivity contribution in [2.75, 3.05) is 41.6 Å². The second-order valence-electron chi connectivity index (χ2n) is 8.02. The van der Waals surface area contributed by atoms with E-state index in [1.54, 1.807) is 12.1 Å². The average Bonchev–Trinajstić information content (AvgIpc) is 3.03. The van der Waals surface area contributed by atoms with Gasteiger partial charge in [0.05, 0.1) is 11.9 Å². The van der Waals surface area contributed by atoms with E-state index in [2.05, 4.69) is 24.0 Å². The number of carbonyl (C=O) groups excluding carboxylic acids is 1. The number of benzene rings is 2. The number of para-hydroxylation sites is 1. The standard InChI is InChI=1S/C22H27N3O3S/c1-16-6-4-5-7-20(16)23-10-12-24(13-11-23)22(26)18-8-9-21-19(15-18)14-17(2)25(21)29(3,27)28/h4-9,15,17H,10-14H2,1-3H3/t17-/m1/s1. The summed E-state index contributed by atoms with van der Waals surface area (Å²) in [6.07, 6.45) is 1.86. The van der Waals surface area contributed by atoms with Gasteiger partial charge in [-0.2, -0.15) is 0 Å². The van der Waals surface area contributed by atoms with E-state index in [1.807, 2.05) is 30.0 Å². The maximum Gasteiger partial charge on any atom is 0.253 e. The third-order valence-electron chi connectivity index (χ3n) is 5.86. The van der Waals surface area contributed by atoms with Crippen molar-refractivity contribution >= 4 is 27.3 Å². The van der Waals surface area contributed by atoms with Crippen LogP contribution in [0.5, 0.6) is 0 Å². The van der Waals surface area contributed by atoms with Crippen LogP contribution in [0.15, 0.2) is 42.5 Å². The molecule has 0 aliphatic carbocycles. The molecule has 2 aromatic carbocycles. The zero-order chi connectivity index (χ0) is 20.8. The lowest BCUT2D eigenvalue weighted by atomic mass is 10.1. The molecule has 0 bridgehead atoms. The van der Waals surface area contributed by atoms with Crippen LogP contribution in [0.4, 0.5) is 11.4 Å². The summed E-state index contributed by atoms with van der Waals surface area (Å²) in [6.45, 7) is 6.97. The van der Waals surface area contributed by atoms with Crippen LogP contribution >= 0.6 is 0 Å². The summed E-state index contributed by atoms with van der Waals surface area (Å²) < 4.78 is 25.6. The van der Waals surface area contributed by atoms with Gasteiger partial charge in [-0.3, -0.25) is 9.10 Å². The van der Waals surface area contributed by atoms with E-state index >= 15 is 0 Å². The first kappa shape index (κ1) is 19.8. The van der Waals surface area contributed by atoms with Gasteiger partial charge in [-0.25, -0.2) is 8.42 Å². The van der Waals surface area contributed by atoms with Crippen molar-refractivity contribution in [2.45, 2.75) is 26.3 Å². The number of rotatable bonds is 3. The Morgan fingerprint density at radius 1 is 1.00 bits per heavy atom. The first-order valence-corrected chi connectivity index (χ1v) is 11.8. The van der Waals surface area contributed by atoms with Crippen LogP contribution < -0.4 is 9.21 Å². The summed E-state index contributed by atoms with van der Waals surface area (Å²) in [7, 11) is -3.32. The molecule has 0 unspecified atom stereocenters. The molecular formula is C22H27N3O3S. The van der Waals surface area contributed by atoms with Crippen LogP contribution in [0.2, 0.25) is 0 Å². The van der Waals surface area contributed by atoms with E-state index in [4.69, 9.17) is 0 Å². The molecular weight excluding hydrogens is 386 g/mol. The second-order valence-corrected chi connectivity index (χ2v) is 9.88. The van der Waals surface area contributed by atoms with Crippen LogP contribution in [0.25, 0.3) is 0 Å². The molecule has 7 heteroatoms. The monoisotopic (exact) mass is 413 g/mol. The number of carbonyl (C=O) groups is 1. The lowest BCUT2D eigenvalue weighted by molar-refractivity contribution is 0.0746. The largest absolute Gasteiger partial charge is 0.368 e. The Hall–Kier alpha value is -2.54. The van der Waals surface area contributed by atoms with Crippen LogP contribution in [-0.2, 0) is 16.4 Å². The third kappa shape index (κ3) is 3.71.